The molecule has 182 valence electrons. The highest BCUT2D eigenvalue weighted by molar-refractivity contribution is 6.02. The Balaban J connectivity index is 1.54. The molecule has 3 fully saturated rings. The van der Waals surface area contributed by atoms with Gasteiger partial charge in [0.1, 0.15) is 0 Å². The van der Waals surface area contributed by atoms with Crippen LogP contribution in [0.25, 0.3) is 0 Å². The Labute approximate surface area is 197 Å². The maximum atomic E-state index is 10.3. The molecule has 32 heavy (non-hydrogen) atoms. The van der Waals surface area contributed by atoms with Crippen molar-refractivity contribution in [1.82, 2.24) is 0 Å². The molecule has 0 aromatic rings. The van der Waals surface area contributed by atoms with Crippen LogP contribution in [0.3, 0.4) is 0 Å². The maximum absolute atomic E-state index is 10.3. The first kappa shape index (κ1) is 24.3. The van der Waals surface area contributed by atoms with Gasteiger partial charge in [0.05, 0.1) is 11.8 Å². The smallest absolute Gasteiger partial charge is 0.0833 e. The monoisotopic (exact) mass is 443 g/mol. The fraction of sp³-hybridized carbons (Fsp3) is 0.897. The maximum Gasteiger partial charge on any atom is 0.0833 e. The zero-order valence-corrected chi connectivity index (χ0v) is 21.6. The van der Waals surface area contributed by atoms with E-state index in [0.717, 1.165) is 60.1 Å². The van der Waals surface area contributed by atoms with Gasteiger partial charge in [0, 0.05) is 0 Å². The lowest BCUT2D eigenvalue weighted by atomic mass is 9.46. The zero-order chi connectivity index (χ0) is 23.3. The fourth-order valence-electron chi connectivity index (χ4n) is 9.31. The summed E-state index contributed by atoms with van der Waals surface area (Å²) in [7, 11) is 0. The zero-order valence-electron chi connectivity index (χ0n) is 21.6. The van der Waals surface area contributed by atoms with Crippen LogP contribution in [0.1, 0.15) is 106 Å². The molecule has 2 N–H and O–H groups in total. The number of aliphatic hydroxyl groups excluding tert-OH is 1. The number of hydrogen-bond acceptors (Lipinski definition) is 3. The summed E-state index contributed by atoms with van der Waals surface area (Å²) in [6.45, 7) is 14.7. The number of rotatable bonds is 6. The fourth-order valence-corrected chi connectivity index (χ4v) is 9.31. The van der Waals surface area contributed by atoms with E-state index in [-0.39, 0.29) is 11.5 Å². The van der Waals surface area contributed by atoms with Gasteiger partial charge in [-0.05, 0) is 109 Å². The number of allylic oxidation sites excluding steroid dienone is 1. The van der Waals surface area contributed by atoms with Crippen LogP contribution in [0.4, 0.5) is 0 Å². The molecular formula is C29H49NO2. The number of oxime groups is 1. The Kier molecular flexibility index (Phi) is 6.90. The molecule has 4 aliphatic carbocycles. The first-order chi connectivity index (χ1) is 15.2. The van der Waals surface area contributed by atoms with E-state index >= 15 is 0 Å². The lowest BCUT2D eigenvalue weighted by Crippen LogP contribution is -2.53. The minimum Gasteiger partial charge on any atom is -0.411 e. The summed E-state index contributed by atoms with van der Waals surface area (Å²) in [6.07, 6.45) is 13.9. The quantitative estimate of drug-likeness (QED) is 0.330. The molecule has 3 saturated carbocycles. The van der Waals surface area contributed by atoms with E-state index < -0.39 is 0 Å². The third-order valence-corrected chi connectivity index (χ3v) is 11.3. The summed E-state index contributed by atoms with van der Waals surface area (Å²) in [5.41, 5.74) is 2.54. The van der Waals surface area contributed by atoms with Crippen LogP contribution in [0.15, 0.2) is 16.8 Å². The molecule has 0 bridgehead atoms. The molecule has 0 heterocycles. The Morgan fingerprint density at radius 1 is 1.03 bits per heavy atom. The van der Waals surface area contributed by atoms with Gasteiger partial charge in [-0.1, -0.05) is 65.6 Å². The van der Waals surface area contributed by atoms with Gasteiger partial charge in [-0.3, -0.25) is 0 Å². The molecule has 0 aliphatic heterocycles. The van der Waals surface area contributed by atoms with E-state index in [9.17, 15) is 10.3 Å². The van der Waals surface area contributed by atoms with Gasteiger partial charge in [0.15, 0.2) is 0 Å². The molecule has 0 spiro atoms. The topological polar surface area (TPSA) is 52.8 Å². The lowest BCUT2D eigenvalue weighted by molar-refractivity contribution is -0.0477. The third-order valence-electron chi connectivity index (χ3n) is 11.3. The molecule has 0 aromatic heterocycles. The number of fused-ring (bicyclic) bond motifs is 5. The number of hydrogen-bond donors (Lipinski definition) is 2. The highest BCUT2D eigenvalue weighted by atomic mass is 16.4. The lowest BCUT2D eigenvalue weighted by Gasteiger charge is -2.58. The molecule has 3 heteroatoms. The van der Waals surface area contributed by atoms with Gasteiger partial charge in [-0.25, -0.2) is 0 Å². The summed E-state index contributed by atoms with van der Waals surface area (Å²) in [4.78, 5) is 0. The highest BCUT2D eigenvalue weighted by Gasteiger charge is 2.60. The van der Waals surface area contributed by atoms with Crippen LogP contribution in [0.2, 0.25) is 0 Å². The van der Waals surface area contributed by atoms with Crippen molar-refractivity contribution in [3.63, 3.8) is 0 Å². The molecule has 4 rings (SSSR count). The second kappa shape index (κ2) is 9.08. The predicted molar refractivity (Wildman–Crippen MR) is 133 cm³/mol. The second-order valence-corrected chi connectivity index (χ2v) is 12.9. The van der Waals surface area contributed by atoms with Gasteiger partial charge >= 0.3 is 0 Å². The molecule has 0 amide bonds. The van der Waals surface area contributed by atoms with E-state index in [4.69, 9.17) is 0 Å². The van der Waals surface area contributed by atoms with E-state index in [2.05, 4.69) is 46.7 Å². The SMILES string of the molecule is CC[C@H](CC[C@@H](C)[C@H]1CC[C@H]2[C@@H]3C/C(=N/O)C4=CC(O)CC[C@]4(C)[C@H]3CC[C@]12C)C(C)C. The van der Waals surface area contributed by atoms with Gasteiger partial charge in [0.25, 0.3) is 0 Å². The highest BCUT2D eigenvalue weighted by Crippen LogP contribution is 2.67. The first-order valence-corrected chi connectivity index (χ1v) is 13.8. The number of nitrogens with zero attached hydrogens (tertiary/aromatic N) is 1. The summed E-state index contributed by atoms with van der Waals surface area (Å²) in [5.74, 6) is 5.36. The Morgan fingerprint density at radius 2 is 1.78 bits per heavy atom. The summed E-state index contributed by atoms with van der Waals surface area (Å²) >= 11 is 0. The Bertz CT molecular complexity index is 741. The van der Waals surface area contributed by atoms with Crippen molar-refractivity contribution in [3.8, 4) is 0 Å². The van der Waals surface area contributed by atoms with Crippen molar-refractivity contribution in [2.24, 2.45) is 57.4 Å². The molecule has 0 aromatic carbocycles. The molecule has 0 saturated heterocycles. The minimum atomic E-state index is -0.380. The molecule has 0 radical (unpaired) electrons. The van der Waals surface area contributed by atoms with Crippen LogP contribution in [0.5, 0.6) is 0 Å². The van der Waals surface area contributed by atoms with Crippen molar-refractivity contribution in [3.05, 3.63) is 11.6 Å². The molecular weight excluding hydrogens is 394 g/mol. The van der Waals surface area contributed by atoms with Crippen molar-refractivity contribution >= 4 is 5.71 Å². The van der Waals surface area contributed by atoms with E-state index in [0.29, 0.717) is 17.3 Å². The second-order valence-electron chi connectivity index (χ2n) is 12.9. The molecule has 1 unspecified atom stereocenters. The van der Waals surface area contributed by atoms with Crippen molar-refractivity contribution < 1.29 is 10.3 Å². The first-order valence-electron chi connectivity index (χ1n) is 13.8. The summed E-state index contributed by atoms with van der Waals surface area (Å²) < 4.78 is 0. The summed E-state index contributed by atoms with van der Waals surface area (Å²) in [5, 5.41) is 24.0. The molecule has 4 aliphatic rings. The normalized spacial score (nSPS) is 44.6. The van der Waals surface area contributed by atoms with E-state index in [1.807, 2.05) is 6.08 Å². The minimum absolute atomic E-state index is 0.0698. The van der Waals surface area contributed by atoms with Crippen molar-refractivity contribution in [2.45, 2.75) is 112 Å². The van der Waals surface area contributed by atoms with E-state index in [1.165, 1.54) is 44.9 Å². The Hall–Kier alpha value is -0.830. The average Bonchev–Trinajstić information content (AvgIpc) is 3.11. The van der Waals surface area contributed by atoms with Crippen molar-refractivity contribution in [2.75, 3.05) is 0 Å². The van der Waals surface area contributed by atoms with Gasteiger partial charge in [0.2, 0.25) is 0 Å². The summed E-state index contributed by atoms with van der Waals surface area (Å²) in [6, 6.07) is 0. The molecule has 3 nitrogen and oxygen atoms in total. The number of aliphatic hydroxyl groups is 1. The molecule has 9 atom stereocenters. The van der Waals surface area contributed by atoms with Crippen LogP contribution in [-0.2, 0) is 0 Å². The van der Waals surface area contributed by atoms with Crippen LogP contribution >= 0.6 is 0 Å². The van der Waals surface area contributed by atoms with Gasteiger partial charge < -0.3 is 10.3 Å². The Morgan fingerprint density at radius 3 is 2.44 bits per heavy atom. The van der Waals surface area contributed by atoms with Crippen LogP contribution in [-0.4, -0.2) is 22.1 Å². The van der Waals surface area contributed by atoms with Crippen molar-refractivity contribution in [1.29, 1.82) is 0 Å². The van der Waals surface area contributed by atoms with E-state index in [1.54, 1.807) is 0 Å². The van der Waals surface area contributed by atoms with Crippen LogP contribution in [0, 0.1) is 52.3 Å². The van der Waals surface area contributed by atoms with Gasteiger partial charge in [-0.15, -0.1) is 0 Å². The van der Waals surface area contributed by atoms with Crippen LogP contribution < -0.4 is 0 Å². The van der Waals surface area contributed by atoms with Gasteiger partial charge in [-0.2, -0.15) is 0 Å². The average molecular weight is 444 g/mol. The third kappa shape index (κ3) is 3.89. The standard InChI is InChI=1S/C29H49NO2/c1-7-20(18(2)3)9-8-19(4)23-10-11-24-22-17-27(30-32)26-16-21(31)12-14-29(26,6)25(22)13-15-28(23,24)5/h16,18-25,31-32H,7-15,17H2,1-6H3/b30-27-/t19-,20-,21?,22+,23-,24+,25+,28-,29-/m1/s1. The largest absolute Gasteiger partial charge is 0.411 e. The predicted octanol–water partition coefficient (Wildman–Crippen LogP) is 7.46.